The van der Waals surface area contributed by atoms with Crippen molar-refractivity contribution in [3.63, 3.8) is 0 Å². The number of hydrogen-bond donors (Lipinski definition) is 0. The minimum absolute atomic E-state index is 0.225. The molecule has 1 aliphatic rings. The number of ketones is 1. The molecule has 0 spiro atoms. The number of hydrogen-bond acceptors (Lipinski definition) is 3. The Morgan fingerprint density at radius 2 is 2.20 bits per heavy atom. The van der Waals surface area contributed by atoms with E-state index in [4.69, 9.17) is 5.26 Å². The summed E-state index contributed by atoms with van der Waals surface area (Å²) < 4.78 is 0. The van der Waals surface area contributed by atoms with Gasteiger partial charge in [-0.3, -0.25) is 4.79 Å². The summed E-state index contributed by atoms with van der Waals surface area (Å²) in [4.78, 5) is 14.1. The molecule has 3 nitrogen and oxygen atoms in total. The summed E-state index contributed by atoms with van der Waals surface area (Å²) in [5, 5.41) is 8.66. The number of carbonyl (C=O) groups is 1. The predicted octanol–water partition coefficient (Wildman–Crippen LogP) is 1.98. The van der Waals surface area contributed by atoms with Gasteiger partial charge in [0.2, 0.25) is 0 Å². The normalized spacial score (nSPS) is 26.7. The zero-order valence-electron chi connectivity index (χ0n) is 9.75. The monoisotopic (exact) mass is 208 g/mol. The van der Waals surface area contributed by atoms with Crippen LogP contribution in [0.5, 0.6) is 0 Å². The van der Waals surface area contributed by atoms with Crippen LogP contribution < -0.4 is 0 Å². The maximum atomic E-state index is 12.0. The molecule has 1 fully saturated rings. The van der Waals surface area contributed by atoms with Crippen molar-refractivity contribution in [2.45, 2.75) is 38.5 Å². The molecule has 0 aromatic carbocycles. The van der Waals surface area contributed by atoms with Gasteiger partial charge in [0.25, 0.3) is 0 Å². The smallest absolute Gasteiger partial charge is 0.140 e. The Bertz CT molecular complexity index is 267. The van der Waals surface area contributed by atoms with E-state index in [1.165, 1.54) is 0 Å². The molecule has 3 heteroatoms. The second-order valence-corrected chi connectivity index (χ2v) is 4.81. The van der Waals surface area contributed by atoms with Crippen LogP contribution in [0.2, 0.25) is 0 Å². The van der Waals surface area contributed by atoms with Crippen LogP contribution in [0, 0.1) is 16.7 Å². The van der Waals surface area contributed by atoms with Crippen molar-refractivity contribution in [2.24, 2.45) is 5.41 Å². The van der Waals surface area contributed by atoms with Gasteiger partial charge in [0, 0.05) is 24.8 Å². The van der Waals surface area contributed by atoms with Crippen LogP contribution in [0.3, 0.4) is 0 Å². The fraction of sp³-hybridized carbons (Fsp3) is 0.833. The highest BCUT2D eigenvalue weighted by molar-refractivity contribution is 5.85. The lowest BCUT2D eigenvalue weighted by molar-refractivity contribution is -0.132. The number of carbonyl (C=O) groups excluding carboxylic acids is 1. The van der Waals surface area contributed by atoms with Crippen molar-refractivity contribution in [3.8, 4) is 6.07 Å². The summed E-state index contributed by atoms with van der Waals surface area (Å²) in [6.45, 7) is 0.799. The van der Waals surface area contributed by atoms with E-state index >= 15 is 0 Å². The minimum Gasteiger partial charge on any atom is -0.308 e. The number of rotatable bonds is 4. The quantitative estimate of drug-likeness (QED) is 0.709. The Morgan fingerprint density at radius 1 is 1.47 bits per heavy atom. The Labute approximate surface area is 92.1 Å². The molecule has 1 saturated carbocycles. The van der Waals surface area contributed by atoms with Gasteiger partial charge in [-0.25, -0.2) is 0 Å². The largest absolute Gasteiger partial charge is 0.308 e. The molecule has 0 aromatic heterocycles. The third-order valence-electron chi connectivity index (χ3n) is 3.23. The van der Waals surface area contributed by atoms with Crippen LogP contribution in [0.4, 0.5) is 0 Å². The Kier molecular flexibility index (Phi) is 4.28. The third kappa shape index (κ3) is 3.04. The van der Waals surface area contributed by atoms with Crippen molar-refractivity contribution in [2.75, 3.05) is 20.6 Å². The maximum Gasteiger partial charge on any atom is 0.140 e. The molecule has 1 atom stereocenters. The van der Waals surface area contributed by atoms with Crippen molar-refractivity contribution in [1.29, 1.82) is 5.26 Å². The number of nitrogens with zero attached hydrogens (tertiary/aromatic N) is 2. The van der Waals surface area contributed by atoms with Crippen LogP contribution in [0.25, 0.3) is 0 Å². The molecular formula is C12H20N2O. The van der Waals surface area contributed by atoms with E-state index < -0.39 is 0 Å². The predicted molar refractivity (Wildman–Crippen MR) is 59.3 cm³/mol. The highest BCUT2D eigenvalue weighted by Crippen LogP contribution is 2.37. The maximum absolute atomic E-state index is 12.0. The highest BCUT2D eigenvalue weighted by atomic mass is 16.1. The third-order valence-corrected chi connectivity index (χ3v) is 3.23. The van der Waals surface area contributed by atoms with E-state index in [1.807, 2.05) is 14.1 Å². The molecule has 1 unspecified atom stereocenters. The lowest BCUT2D eigenvalue weighted by Crippen LogP contribution is -2.42. The van der Waals surface area contributed by atoms with Crippen LogP contribution in [0.1, 0.15) is 38.5 Å². The molecule has 0 aromatic rings. The SMILES string of the molecule is CN(C)CC1(CCC#N)CCCCC1=O. The van der Waals surface area contributed by atoms with Gasteiger partial charge in [0.15, 0.2) is 0 Å². The molecule has 0 radical (unpaired) electrons. The Morgan fingerprint density at radius 3 is 2.73 bits per heavy atom. The molecule has 84 valence electrons. The summed E-state index contributed by atoms with van der Waals surface area (Å²) in [7, 11) is 3.99. The molecule has 0 heterocycles. The zero-order chi connectivity index (χ0) is 11.3. The number of nitriles is 1. The summed E-state index contributed by atoms with van der Waals surface area (Å²) in [5.74, 6) is 0.373. The summed E-state index contributed by atoms with van der Waals surface area (Å²) in [6, 6.07) is 2.16. The van der Waals surface area contributed by atoms with E-state index in [0.29, 0.717) is 18.6 Å². The lowest BCUT2D eigenvalue weighted by atomic mass is 9.70. The van der Waals surface area contributed by atoms with Gasteiger partial charge in [0.05, 0.1) is 6.07 Å². The van der Waals surface area contributed by atoms with Crippen LogP contribution in [0.15, 0.2) is 0 Å². The first kappa shape index (κ1) is 12.2. The molecule has 0 amide bonds. The zero-order valence-corrected chi connectivity index (χ0v) is 9.75. The van der Waals surface area contributed by atoms with Gasteiger partial charge in [-0.1, -0.05) is 6.42 Å². The van der Waals surface area contributed by atoms with Crippen molar-refractivity contribution in [1.82, 2.24) is 4.90 Å². The number of Topliss-reactive ketones (excluding diaryl/α,β-unsaturated/α-hetero) is 1. The molecule has 0 bridgehead atoms. The Balaban J connectivity index is 2.74. The van der Waals surface area contributed by atoms with Crippen LogP contribution >= 0.6 is 0 Å². The molecule has 0 aliphatic heterocycles. The van der Waals surface area contributed by atoms with Crippen LogP contribution in [-0.2, 0) is 4.79 Å². The summed E-state index contributed by atoms with van der Waals surface area (Å²) >= 11 is 0. The molecule has 1 aliphatic carbocycles. The first-order valence-electron chi connectivity index (χ1n) is 5.66. The Hall–Kier alpha value is -0.880. The summed E-state index contributed by atoms with van der Waals surface area (Å²) in [5.41, 5.74) is -0.225. The van der Waals surface area contributed by atoms with Gasteiger partial charge < -0.3 is 4.90 Å². The van der Waals surface area contributed by atoms with Crippen molar-refractivity contribution in [3.05, 3.63) is 0 Å². The van der Waals surface area contributed by atoms with E-state index in [2.05, 4.69) is 11.0 Å². The van der Waals surface area contributed by atoms with E-state index in [9.17, 15) is 4.79 Å². The van der Waals surface area contributed by atoms with Crippen molar-refractivity contribution >= 4 is 5.78 Å². The standard InChI is InChI=1S/C12H20N2O/c1-14(2)10-12(8-5-9-13)7-4-3-6-11(12)15/h3-8,10H2,1-2H3. The molecule has 15 heavy (non-hydrogen) atoms. The lowest BCUT2D eigenvalue weighted by Gasteiger charge is -2.37. The average Bonchev–Trinajstić information content (AvgIpc) is 2.18. The molecule has 0 N–H and O–H groups in total. The molecule has 1 rings (SSSR count). The average molecular weight is 208 g/mol. The van der Waals surface area contributed by atoms with E-state index in [1.54, 1.807) is 0 Å². The van der Waals surface area contributed by atoms with Crippen molar-refractivity contribution < 1.29 is 4.79 Å². The molecule has 0 saturated heterocycles. The summed E-state index contributed by atoms with van der Waals surface area (Å²) in [6.07, 6.45) is 5.07. The van der Waals surface area contributed by atoms with Gasteiger partial charge in [0.1, 0.15) is 5.78 Å². The van der Waals surface area contributed by atoms with Gasteiger partial charge in [-0.15, -0.1) is 0 Å². The first-order chi connectivity index (χ1) is 7.10. The van der Waals surface area contributed by atoms with E-state index in [-0.39, 0.29) is 5.41 Å². The topological polar surface area (TPSA) is 44.1 Å². The fourth-order valence-electron chi connectivity index (χ4n) is 2.56. The second kappa shape index (κ2) is 5.27. The highest BCUT2D eigenvalue weighted by Gasteiger charge is 2.39. The second-order valence-electron chi connectivity index (χ2n) is 4.81. The molecular weight excluding hydrogens is 188 g/mol. The van der Waals surface area contributed by atoms with Gasteiger partial charge in [-0.2, -0.15) is 5.26 Å². The van der Waals surface area contributed by atoms with E-state index in [0.717, 1.165) is 32.2 Å². The first-order valence-corrected chi connectivity index (χ1v) is 5.66. The fourth-order valence-corrected chi connectivity index (χ4v) is 2.56. The van der Waals surface area contributed by atoms with Gasteiger partial charge in [-0.05, 0) is 33.4 Å². The minimum atomic E-state index is -0.225. The van der Waals surface area contributed by atoms with Crippen LogP contribution in [-0.4, -0.2) is 31.3 Å². The van der Waals surface area contributed by atoms with Gasteiger partial charge >= 0.3 is 0 Å².